The second-order valence-corrected chi connectivity index (χ2v) is 5.16. The molecule has 0 saturated carbocycles. The number of carboxylic acid groups (broad SMARTS) is 1. The van der Waals surface area contributed by atoms with E-state index >= 15 is 0 Å². The third-order valence-corrected chi connectivity index (χ3v) is 3.19. The summed E-state index contributed by atoms with van der Waals surface area (Å²) in [6.07, 6.45) is 1.65. The zero-order chi connectivity index (χ0) is 11.6. The normalized spacial score (nSPS) is 29.7. The zero-order valence-corrected chi connectivity index (χ0v) is 9.86. The summed E-state index contributed by atoms with van der Waals surface area (Å²) in [5, 5.41) is 9.00. The van der Waals surface area contributed by atoms with E-state index in [1.807, 2.05) is 0 Å². The summed E-state index contributed by atoms with van der Waals surface area (Å²) in [4.78, 5) is 13.2. The van der Waals surface area contributed by atoms with Crippen molar-refractivity contribution < 1.29 is 9.90 Å². The molecule has 0 aliphatic carbocycles. The average Bonchev–Trinajstić information content (AvgIpc) is 2.48. The number of nitrogens with zero attached hydrogens (tertiary/aromatic N) is 1. The first-order chi connectivity index (χ1) is 6.85. The molecule has 0 aromatic rings. The molecule has 0 bridgehead atoms. The maximum absolute atomic E-state index is 11.0. The molecular formula is C11H22N2O2. The minimum atomic E-state index is -1.02. The topological polar surface area (TPSA) is 66.6 Å². The van der Waals surface area contributed by atoms with Gasteiger partial charge in [-0.25, -0.2) is 0 Å². The number of carboxylic acids is 1. The van der Waals surface area contributed by atoms with Crippen LogP contribution in [0.2, 0.25) is 0 Å². The van der Waals surface area contributed by atoms with Crippen LogP contribution >= 0.6 is 0 Å². The number of carbonyl (C=O) groups is 1. The van der Waals surface area contributed by atoms with Gasteiger partial charge in [0.1, 0.15) is 5.54 Å². The fourth-order valence-corrected chi connectivity index (χ4v) is 2.25. The van der Waals surface area contributed by atoms with Crippen molar-refractivity contribution in [3.05, 3.63) is 0 Å². The second kappa shape index (κ2) is 4.49. The van der Waals surface area contributed by atoms with Gasteiger partial charge in [0.2, 0.25) is 0 Å². The molecule has 0 aromatic heterocycles. The molecule has 88 valence electrons. The van der Waals surface area contributed by atoms with Gasteiger partial charge in [0.15, 0.2) is 0 Å². The van der Waals surface area contributed by atoms with E-state index in [1.165, 1.54) is 0 Å². The first-order valence-corrected chi connectivity index (χ1v) is 5.61. The number of rotatable bonds is 4. The quantitative estimate of drug-likeness (QED) is 0.730. The molecule has 1 heterocycles. The SMILES string of the molecule is CC(C)CC(C)N1CCC(N)(C(=O)O)C1. The minimum absolute atomic E-state index is 0.426. The number of nitrogens with two attached hydrogens (primary N) is 1. The Balaban J connectivity index is 2.52. The third-order valence-electron chi connectivity index (χ3n) is 3.19. The Kier molecular flexibility index (Phi) is 3.73. The zero-order valence-electron chi connectivity index (χ0n) is 9.86. The van der Waals surface area contributed by atoms with Crippen molar-refractivity contribution in [3.8, 4) is 0 Å². The van der Waals surface area contributed by atoms with E-state index in [9.17, 15) is 4.79 Å². The van der Waals surface area contributed by atoms with Crippen LogP contribution in [0.5, 0.6) is 0 Å². The van der Waals surface area contributed by atoms with E-state index in [1.54, 1.807) is 0 Å². The van der Waals surface area contributed by atoms with Crippen molar-refractivity contribution in [2.45, 2.75) is 45.2 Å². The summed E-state index contributed by atoms with van der Waals surface area (Å²) >= 11 is 0. The molecule has 1 rings (SSSR count). The predicted octanol–water partition coefficient (Wildman–Crippen LogP) is 0.909. The van der Waals surface area contributed by atoms with Crippen molar-refractivity contribution in [1.82, 2.24) is 4.90 Å². The largest absolute Gasteiger partial charge is 0.480 e. The van der Waals surface area contributed by atoms with E-state index in [4.69, 9.17) is 10.8 Å². The number of hydrogen-bond donors (Lipinski definition) is 2. The summed E-state index contributed by atoms with van der Waals surface area (Å²) in [7, 11) is 0. The second-order valence-electron chi connectivity index (χ2n) is 5.16. The minimum Gasteiger partial charge on any atom is -0.480 e. The highest BCUT2D eigenvalue weighted by atomic mass is 16.4. The maximum Gasteiger partial charge on any atom is 0.325 e. The van der Waals surface area contributed by atoms with Crippen molar-refractivity contribution in [2.24, 2.45) is 11.7 Å². The van der Waals surface area contributed by atoms with Gasteiger partial charge < -0.3 is 10.8 Å². The van der Waals surface area contributed by atoms with Crippen LogP contribution in [-0.4, -0.2) is 40.6 Å². The standard InChI is InChI=1S/C11H22N2O2/c1-8(2)6-9(3)13-5-4-11(12,7-13)10(14)15/h8-9H,4-7,12H2,1-3H3,(H,14,15). The molecule has 0 amide bonds. The molecule has 0 aromatic carbocycles. The molecule has 2 unspecified atom stereocenters. The van der Waals surface area contributed by atoms with Crippen molar-refractivity contribution >= 4 is 5.97 Å². The van der Waals surface area contributed by atoms with Gasteiger partial charge >= 0.3 is 5.97 Å². The van der Waals surface area contributed by atoms with Gasteiger partial charge in [0.05, 0.1) is 0 Å². The predicted molar refractivity (Wildman–Crippen MR) is 59.7 cm³/mol. The Morgan fingerprint density at radius 2 is 2.13 bits per heavy atom. The molecular weight excluding hydrogens is 192 g/mol. The fourth-order valence-electron chi connectivity index (χ4n) is 2.25. The summed E-state index contributed by atoms with van der Waals surface area (Å²) in [6, 6.07) is 0.426. The summed E-state index contributed by atoms with van der Waals surface area (Å²) in [5.41, 5.74) is 4.80. The van der Waals surface area contributed by atoms with Gasteiger partial charge in [-0.2, -0.15) is 0 Å². The van der Waals surface area contributed by atoms with Crippen molar-refractivity contribution in [2.75, 3.05) is 13.1 Å². The highest BCUT2D eigenvalue weighted by Gasteiger charge is 2.42. The summed E-state index contributed by atoms with van der Waals surface area (Å²) in [5.74, 6) is -0.237. The van der Waals surface area contributed by atoms with Crippen LogP contribution in [0, 0.1) is 5.92 Å². The van der Waals surface area contributed by atoms with E-state index in [0.717, 1.165) is 13.0 Å². The van der Waals surface area contributed by atoms with Gasteiger partial charge in [0, 0.05) is 19.1 Å². The Bertz CT molecular complexity index is 243. The molecule has 1 aliphatic heterocycles. The van der Waals surface area contributed by atoms with Gasteiger partial charge in [0.25, 0.3) is 0 Å². The van der Waals surface area contributed by atoms with Crippen molar-refractivity contribution in [3.63, 3.8) is 0 Å². The Morgan fingerprint density at radius 1 is 1.53 bits per heavy atom. The monoisotopic (exact) mass is 214 g/mol. The molecule has 2 atom stereocenters. The molecule has 4 heteroatoms. The van der Waals surface area contributed by atoms with Crippen LogP contribution in [0.15, 0.2) is 0 Å². The van der Waals surface area contributed by atoms with Crippen LogP contribution in [0.4, 0.5) is 0 Å². The molecule has 4 nitrogen and oxygen atoms in total. The van der Waals surface area contributed by atoms with E-state index < -0.39 is 11.5 Å². The highest BCUT2D eigenvalue weighted by Crippen LogP contribution is 2.23. The van der Waals surface area contributed by atoms with Gasteiger partial charge in [-0.15, -0.1) is 0 Å². The highest BCUT2D eigenvalue weighted by molar-refractivity contribution is 5.79. The lowest BCUT2D eigenvalue weighted by molar-refractivity contribution is -0.142. The van der Waals surface area contributed by atoms with E-state index in [0.29, 0.717) is 24.9 Å². The molecule has 0 radical (unpaired) electrons. The number of hydrogen-bond acceptors (Lipinski definition) is 3. The Morgan fingerprint density at radius 3 is 2.53 bits per heavy atom. The maximum atomic E-state index is 11.0. The van der Waals surface area contributed by atoms with Gasteiger partial charge in [-0.3, -0.25) is 9.69 Å². The molecule has 3 N–H and O–H groups in total. The van der Waals surface area contributed by atoms with Crippen LogP contribution in [0.25, 0.3) is 0 Å². The van der Waals surface area contributed by atoms with Crippen molar-refractivity contribution in [1.29, 1.82) is 0 Å². The molecule has 1 aliphatic rings. The fraction of sp³-hybridized carbons (Fsp3) is 0.909. The Labute approximate surface area is 91.4 Å². The lowest BCUT2D eigenvalue weighted by atomic mass is 10.0. The third kappa shape index (κ3) is 2.92. The molecule has 15 heavy (non-hydrogen) atoms. The molecule has 0 spiro atoms. The van der Waals surface area contributed by atoms with Crippen LogP contribution in [0.1, 0.15) is 33.6 Å². The first kappa shape index (κ1) is 12.5. The summed E-state index contributed by atoms with van der Waals surface area (Å²) in [6.45, 7) is 7.79. The van der Waals surface area contributed by atoms with Gasteiger partial charge in [-0.05, 0) is 25.7 Å². The average molecular weight is 214 g/mol. The Hall–Kier alpha value is -0.610. The van der Waals surface area contributed by atoms with Crippen LogP contribution < -0.4 is 5.73 Å². The summed E-state index contributed by atoms with van der Waals surface area (Å²) < 4.78 is 0. The van der Waals surface area contributed by atoms with Crippen LogP contribution in [-0.2, 0) is 4.79 Å². The number of aliphatic carboxylic acids is 1. The molecule has 1 saturated heterocycles. The number of likely N-dealkylation sites (tertiary alicyclic amines) is 1. The lowest BCUT2D eigenvalue weighted by Crippen LogP contribution is -2.51. The van der Waals surface area contributed by atoms with E-state index in [-0.39, 0.29) is 0 Å². The molecule has 1 fully saturated rings. The first-order valence-electron chi connectivity index (χ1n) is 5.61. The smallest absolute Gasteiger partial charge is 0.325 e. The lowest BCUT2D eigenvalue weighted by Gasteiger charge is -2.27. The van der Waals surface area contributed by atoms with Crippen LogP contribution in [0.3, 0.4) is 0 Å². The van der Waals surface area contributed by atoms with Gasteiger partial charge in [-0.1, -0.05) is 13.8 Å². The van der Waals surface area contributed by atoms with E-state index in [2.05, 4.69) is 25.7 Å².